The lowest BCUT2D eigenvalue weighted by Gasteiger charge is -2.25. The average Bonchev–Trinajstić information content (AvgIpc) is 3.02. The summed E-state index contributed by atoms with van der Waals surface area (Å²) in [5, 5.41) is 11.1. The second-order valence-corrected chi connectivity index (χ2v) is 8.45. The summed E-state index contributed by atoms with van der Waals surface area (Å²) in [4.78, 5) is 27.3. The van der Waals surface area contributed by atoms with Gasteiger partial charge in [-0.05, 0) is 37.0 Å². The number of Topliss-reactive ketones (excluding diaryl/α,β-unsaturated/α-hetero) is 1. The zero-order valence-electron chi connectivity index (χ0n) is 19.1. The van der Waals surface area contributed by atoms with Gasteiger partial charge in [-0.15, -0.1) is 0 Å². The largest absolute Gasteiger partial charge is 0.507 e. The highest BCUT2D eigenvalue weighted by Gasteiger charge is 2.45. The van der Waals surface area contributed by atoms with Crippen LogP contribution in [0.5, 0.6) is 5.75 Å². The fraction of sp³-hybridized carbons (Fsp3) is 0.385. The Balaban J connectivity index is 2.04. The van der Waals surface area contributed by atoms with Crippen molar-refractivity contribution in [3.05, 3.63) is 70.8 Å². The molecule has 1 amide bonds. The van der Waals surface area contributed by atoms with Gasteiger partial charge < -0.3 is 19.5 Å². The molecule has 0 bridgehead atoms. The summed E-state index contributed by atoms with van der Waals surface area (Å²) in [6.07, 6.45) is 0.921. The minimum absolute atomic E-state index is 0.0780. The monoisotopic (exact) mass is 437 g/mol. The van der Waals surface area contributed by atoms with Gasteiger partial charge in [0.1, 0.15) is 11.5 Å². The molecule has 1 saturated heterocycles. The third-order valence-electron chi connectivity index (χ3n) is 5.54. The summed E-state index contributed by atoms with van der Waals surface area (Å²) >= 11 is 0. The Morgan fingerprint density at radius 3 is 2.47 bits per heavy atom. The van der Waals surface area contributed by atoms with Crippen molar-refractivity contribution in [2.24, 2.45) is 5.92 Å². The maximum atomic E-state index is 13.0. The van der Waals surface area contributed by atoms with Crippen LogP contribution < -0.4 is 4.74 Å². The Labute approximate surface area is 189 Å². The van der Waals surface area contributed by atoms with Crippen molar-refractivity contribution in [3.8, 4) is 5.75 Å². The number of hydrogen-bond donors (Lipinski definition) is 1. The Bertz CT molecular complexity index is 994. The highest BCUT2D eigenvalue weighted by atomic mass is 16.5. The second-order valence-electron chi connectivity index (χ2n) is 8.45. The van der Waals surface area contributed by atoms with E-state index >= 15 is 0 Å². The van der Waals surface area contributed by atoms with Crippen molar-refractivity contribution < 1.29 is 24.2 Å². The van der Waals surface area contributed by atoms with E-state index in [9.17, 15) is 14.7 Å². The topological polar surface area (TPSA) is 76.1 Å². The summed E-state index contributed by atoms with van der Waals surface area (Å²) in [7, 11) is 1.54. The maximum Gasteiger partial charge on any atom is 0.295 e. The molecule has 32 heavy (non-hydrogen) atoms. The van der Waals surface area contributed by atoms with Crippen LogP contribution in [0.15, 0.2) is 54.1 Å². The molecular formula is C26H31NO5. The first-order chi connectivity index (χ1) is 15.3. The van der Waals surface area contributed by atoms with Gasteiger partial charge in [0.05, 0.1) is 24.8 Å². The number of nitrogens with zero attached hydrogens (tertiary/aromatic N) is 1. The van der Waals surface area contributed by atoms with Crippen LogP contribution in [0.1, 0.15) is 43.0 Å². The van der Waals surface area contributed by atoms with E-state index in [1.807, 2.05) is 43.3 Å². The van der Waals surface area contributed by atoms with Gasteiger partial charge in [0.15, 0.2) is 0 Å². The second kappa shape index (κ2) is 10.5. The highest BCUT2D eigenvalue weighted by Crippen LogP contribution is 2.40. The first-order valence-electron chi connectivity index (χ1n) is 10.9. The van der Waals surface area contributed by atoms with Crippen LogP contribution in [-0.2, 0) is 14.3 Å². The molecule has 170 valence electrons. The molecule has 0 radical (unpaired) electrons. The van der Waals surface area contributed by atoms with Gasteiger partial charge in [-0.25, -0.2) is 0 Å². The number of aliphatic hydroxyl groups is 1. The Kier molecular flexibility index (Phi) is 7.70. The molecule has 1 aliphatic rings. The molecule has 1 fully saturated rings. The summed E-state index contributed by atoms with van der Waals surface area (Å²) in [6, 6.07) is 13.8. The number of aryl methyl sites for hydroxylation is 1. The van der Waals surface area contributed by atoms with Crippen molar-refractivity contribution in [1.82, 2.24) is 4.90 Å². The Morgan fingerprint density at radius 1 is 1.09 bits per heavy atom. The van der Waals surface area contributed by atoms with Crippen molar-refractivity contribution in [3.63, 3.8) is 0 Å². The fourth-order valence-corrected chi connectivity index (χ4v) is 3.70. The van der Waals surface area contributed by atoms with Crippen LogP contribution in [-0.4, -0.2) is 48.6 Å². The number of likely N-dealkylation sites (tertiary alicyclic amines) is 1. The molecule has 1 aliphatic heterocycles. The van der Waals surface area contributed by atoms with E-state index in [-0.39, 0.29) is 24.5 Å². The molecule has 0 aromatic heterocycles. The minimum atomic E-state index is -0.722. The maximum absolute atomic E-state index is 13.0. The number of amides is 1. The first kappa shape index (κ1) is 23.5. The molecule has 0 saturated carbocycles. The normalized spacial score (nSPS) is 17.9. The molecule has 0 aliphatic carbocycles. The van der Waals surface area contributed by atoms with Gasteiger partial charge in [0.25, 0.3) is 11.7 Å². The molecule has 1 unspecified atom stereocenters. The Morgan fingerprint density at radius 2 is 1.81 bits per heavy atom. The van der Waals surface area contributed by atoms with E-state index in [1.54, 1.807) is 19.2 Å². The zero-order chi connectivity index (χ0) is 23.3. The number of ether oxygens (including phenoxy) is 2. The van der Waals surface area contributed by atoms with E-state index in [1.165, 1.54) is 4.90 Å². The lowest BCUT2D eigenvalue weighted by molar-refractivity contribution is -0.140. The summed E-state index contributed by atoms with van der Waals surface area (Å²) in [5.41, 5.74) is 2.31. The van der Waals surface area contributed by atoms with Gasteiger partial charge in [-0.1, -0.05) is 55.8 Å². The minimum Gasteiger partial charge on any atom is -0.507 e. The summed E-state index contributed by atoms with van der Waals surface area (Å²) in [6.45, 7) is 7.29. The lowest BCUT2D eigenvalue weighted by Crippen LogP contribution is -2.32. The van der Waals surface area contributed by atoms with E-state index in [0.717, 1.165) is 12.0 Å². The molecule has 1 N–H and O–H groups in total. The molecule has 2 aromatic carbocycles. The Hall–Kier alpha value is -3.12. The van der Waals surface area contributed by atoms with Crippen LogP contribution in [0.3, 0.4) is 0 Å². The number of rotatable bonds is 9. The van der Waals surface area contributed by atoms with Crippen molar-refractivity contribution >= 4 is 17.4 Å². The highest BCUT2D eigenvalue weighted by molar-refractivity contribution is 6.46. The number of benzene rings is 2. The van der Waals surface area contributed by atoms with Crippen LogP contribution in [0, 0.1) is 12.8 Å². The molecule has 6 heteroatoms. The van der Waals surface area contributed by atoms with Crippen molar-refractivity contribution in [2.75, 3.05) is 26.9 Å². The third kappa shape index (κ3) is 5.19. The predicted molar refractivity (Wildman–Crippen MR) is 123 cm³/mol. The van der Waals surface area contributed by atoms with E-state index < -0.39 is 17.7 Å². The van der Waals surface area contributed by atoms with Crippen LogP contribution >= 0.6 is 0 Å². The third-order valence-corrected chi connectivity index (χ3v) is 5.54. The molecule has 3 rings (SSSR count). The SMILES string of the molecule is COCCN1C(=O)C(=O)/C(=C(/O)c2ccc(C)cc2)C1c1cccc(OCCC(C)C)c1. The van der Waals surface area contributed by atoms with Crippen molar-refractivity contribution in [1.29, 1.82) is 0 Å². The van der Waals surface area contributed by atoms with Crippen LogP contribution in [0.2, 0.25) is 0 Å². The van der Waals surface area contributed by atoms with E-state index in [0.29, 0.717) is 29.4 Å². The smallest absolute Gasteiger partial charge is 0.295 e. The molecule has 2 aromatic rings. The number of methoxy groups -OCH3 is 1. The number of aliphatic hydroxyl groups excluding tert-OH is 1. The van der Waals surface area contributed by atoms with Gasteiger partial charge in [0, 0.05) is 19.2 Å². The average molecular weight is 438 g/mol. The number of ketones is 1. The zero-order valence-corrected chi connectivity index (χ0v) is 19.1. The van der Waals surface area contributed by atoms with Gasteiger partial charge in [0.2, 0.25) is 0 Å². The van der Waals surface area contributed by atoms with Gasteiger partial charge in [-0.3, -0.25) is 9.59 Å². The van der Waals surface area contributed by atoms with Crippen LogP contribution in [0.4, 0.5) is 0 Å². The lowest BCUT2D eigenvalue weighted by atomic mass is 9.95. The standard InChI is InChI=1S/C26H31NO5/c1-17(2)12-14-32-21-7-5-6-20(16-21)23-22(24(28)19-10-8-18(3)9-11-19)25(29)26(30)27(23)13-15-31-4/h5-11,16-17,23,28H,12-15H2,1-4H3/b24-22+. The molecular weight excluding hydrogens is 406 g/mol. The number of carbonyl (C=O) groups is 2. The summed E-state index contributed by atoms with van der Waals surface area (Å²) in [5.74, 6) is -0.342. The fourth-order valence-electron chi connectivity index (χ4n) is 3.70. The summed E-state index contributed by atoms with van der Waals surface area (Å²) < 4.78 is 11.0. The van der Waals surface area contributed by atoms with Gasteiger partial charge >= 0.3 is 0 Å². The predicted octanol–water partition coefficient (Wildman–Crippen LogP) is 4.49. The molecule has 1 heterocycles. The first-order valence-corrected chi connectivity index (χ1v) is 10.9. The van der Waals surface area contributed by atoms with Crippen molar-refractivity contribution in [2.45, 2.75) is 33.2 Å². The molecule has 6 nitrogen and oxygen atoms in total. The van der Waals surface area contributed by atoms with E-state index in [4.69, 9.17) is 9.47 Å². The van der Waals surface area contributed by atoms with Crippen LogP contribution in [0.25, 0.3) is 5.76 Å². The molecule has 0 spiro atoms. The quantitative estimate of drug-likeness (QED) is 0.355. The number of carbonyl (C=O) groups excluding carboxylic acids is 2. The number of hydrogen-bond acceptors (Lipinski definition) is 5. The van der Waals surface area contributed by atoms with E-state index in [2.05, 4.69) is 13.8 Å². The molecule has 1 atom stereocenters. The van der Waals surface area contributed by atoms with Gasteiger partial charge in [-0.2, -0.15) is 0 Å².